The van der Waals surface area contributed by atoms with E-state index in [0.29, 0.717) is 11.7 Å². The van der Waals surface area contributed by atoms with E-state index in [9.17, 15) is 4.79 Å². The van der Waals surface area contributed by atoms with Gasteiger partial charge in [-0.3, -0.25) is 4.79 Å². The molecule has 0 N–H and O–H groups in total. The lowest BCUT2D eigenvalue weighted by atomic mass is 10.2. The molecule has 1 aromatic heterocycles. The maximum absolute atomic E-state index is 11.8. The van der Waals surface area contributed by atoms with Crippen LogP contribution < -0.4 is 0 Å². The molecule has 1 aromatic rings. The zero-order chi connectivity index (χ0) is 13.8. The fraction of sp³-hybridized carbons (Fsp3) is 0.769. The molecular weight excluding hydrogens is 230 g/mol. The van der Waals surface area contributed by atoms with Gasteiger partial charge >= 0.3 is 0 Å². The monoisotopic (exact) mass is 253 g/mol. The number of ether oxygens (including phenoxy) is 1. The van der Waals surface area contributed by atoms with E-state index < -0.39 is 0 Å². The van der Waals surface area contributed by atoms with Crippen LogP contribution in [0.5, 0.6) is 0 Å². The zero-order valence-electron chi connectivity index (χ0n) is 11.9. The fourth-order valence-corrected chi connectivity index (χ4v) is 1.45. The molecule has 0 saturated heterocycles. The van der Waals surface area contributed by atoms with Gasteiger partial charge in [-0.25, -0.2) is 9.67 Å². The van der Waals surface area contributed by atoms with Crippen LogP contribution in [0, 0.1) is 5.92 Å². The molecule has 1 heterocycles. The number of Topliss-reactive ketones (excluding diaryl/α,β-unsaturated/α-hetero) is 1. The molecule has 0 spiro atoms. The van der Waals surface area contributed by atoms with Crippen LogP contribution in [0.3, 0.4) is 0 Å². The SMILES string of the molecule is CC(C)Cn1ncnc1CC(=O)COC(C)(C)C. The van der Waals surface area contributed by atoms with Gasteiger partial charge in [-0.2, -0.15) is 5.10 Å². The first-order valence-corrected chi connectivity index (χ1v) is 6.30. The van der Waals surface area contributed by atoms with Gasteiger partial charge in [0.15, 0.2) is 5.78 Å². The molecule has 0 bridgehead atoms. The van der Waals surface area contributed by atoms with Crippen molar-refractivity contribution in [2.24, 2.45) is 5.92 Å². The van der Waals surface area contributed by atoms with E-state index in [1.807, 2.05) is 20.8 Å². The first-order valence-electron chi connectivity index (χ1n) is 6.30. The number of hydrogen-bond donors (Lipinski definition) is 0. The minimum Gasteiger partial charge on any atom is -0.368 e. The average molecular weight is 253 g/mol. The van der Waals surface area contributed by atoms with Crippen LogP contribution in [0.25, 0.3) is 0 Å². The Balaban J connectivity index is 2.52. The Morgan fingerprint density at radius 3 is 2.67 bits per heavy atom. The summed E-state index contributed by atoms with van der Waals surface area (Å²) in [5.41, 5.74) is -0.290. The smallest absolute Gasteiger partial charge is 0.166 e. The molecule has 1 rings (SSSR count). The van der Waals surface area contributed by atoms with Crippen molar-refractivity contribution in [3.05, 3.63) is 12.2 Å². The second kappa shape index (κ2) is 6.09. The van der Waals surface area contributed by atoms with Gasteiger partial charge in [0, 0.05) is 6.54 Å². The summed E-state index contributed by atoms with van der Waals surface area (Å²) in [5.74, 6) is 1.22. The van der Waals surface area contributed by atoms with Gasteiger partial charge < -0.3 is 4.74 Å². The number of hydrogen-bond acceptors (Lipinski definition) is 4. The number of aromatic nitrogens is 3. The highest BCUT2D eigenvalue weighted by atomic mass is 16.5. The molecule has 0 radical (unpaired) electrons. The van der Waals surface area contributed by atoms with Crippen molar-refractivity contribution in [2.75, 3.05) is 6.61 Å². The van der Waals surface area contributed by atoms with Crippen molar-refractivity contribution in [3.8, 4) is 0 Å². The van der Waals surface area contributed by atoms with Crippen molar-refractivity contribution in [3.63, 3.8) is 0 Å². The van der Waals surface area contributed by atoms with E-state index in [1.165, 1.54) is 6.33 Å². The van der Waals surface area contributed by atoms with Gasteiger partial charge in [0.05, 0.1) is 12.0 Å². The molecule has 0 atom stereocenters. The van der Waals surface area contributed by atoms with Gasteiger partial charge in [-0.05, 0) is 26.7 Å². The van der Waals surface area contributed by atoms with Crippen LogP contribution in [-0.4, -0.2) is 32.8 Å². The number of carbonyl (C=O) groups is 1. The maximum atomic E-state index is 11.8. The van der Waals surface area contributed by atoms with Crippen LogP contribution in [0.2, 0.25) is 0 Å². The topological polar surface area (TPSA) is 57.0 Å². The van der Waals surface area contributed by atoms with Crippen LogP contribution in [-0.2, 0) is 22.5 Å². The van der Waals surface area contributed by atoms with Gasteiger partial charge in [0.2, 0.25) is 0 Å². The molecule has 5 nitrogen and oxygen atoms in total. The van der Waals surface area contributed by atoms with E-state index in [1.54, 1.807) is 4.68 Å². The van der Waals surface area contributed by atoms with Crippen molar-refractivity contribution in [1.29, 1.82) is 0 Å². The second-order valence-corrected chi connectivity index (χ2v) is 5.87. The van der Waals surface area contributed by atoms with E-state index in [-0.39, 0.29) is 24.4 Å². The highest BCUT2D eigenvalue weighted by molar-refractivity contribution is 5.81. The normalized spacial score (nSPS) is 12.1. The summed E-state index contributed by atoms with van der Waals surface area (Å²) in [6.45, 7) is 10.9. The summed E-state index contributed by atoms with van der Waals surface area (Å²) >= 11 is 0. The summed E-state index contributed by atoms with van der Waals surface area (Å²) in [7, 11) is 0. The highest BCUT2D eigenvalue weighted by Gasteiger charge is 2.15. The van der Waals surface area contributed by atoms with E-state index in [4.69, 9.17) is 4.74 Å². The predicted octanol–water partition coefficient (Wildman–Crippen LogP) is 1.86. The van der Waals surface area contributed by atoms with Crippen LogP contribution in [0.15, 0.2) is 6.33 Å². The molecule has 0 fully saturated rings. The van der Waals surface area contributed by atoms with Gasteiger partial charge in [0.25, 0.3) is 0 Å². The van der Waals surface area contributed by atoms with E-state index >= 15 is 0 Å². The Kier molecular flexibility index (Phi) is 5.02. The number of ketones is 1. The molecule has 0 aliphatic carbocycles. The van der Waals surface area contributed by atoms with Crippen LogP contribution >= 0.6 is 0 Å². The van der Waals surface area contributed by atoms with E-state index in [0.717, 1.165) is 6.54 Å². The largest absolute Gasteiger partial charge is 0.368 e. The molecule has 0 unspecified atom stereocenters. The van der Waals surface area contributed by atoms with Crippen LogP contribution in [0.1, 0.15) is 40.4 Å². The third kappa shape index (κ3) is 5.40. The number of nitrogens with zero attached hydrogens (tertiary/aromatic N) is 3. The third-order valence-corrected chi connectivity index (χ3v) is 2.26. The highest BCUT2D eigenvalue weighted by Crippen LogP contribution is 2.07. The Morgan fingerprint density at radius 2 is 2.11 bits per heavy atom. The Bertz CT molecular complexity index is 391. The van der Waals surface area contributed by atoms with Crippen molar-refractivity contribution in [1.82, 2.24) is 14.8 Å². The first-order chi connectivity index (χ1) is 8.28. The number of rotatable bonds is 6. The summed E-state index contributed by atoms with van der Waals surface area (Å²) in [6, 6.07) is 0. The Labute approximate surface area is 109 Å². The molecule has 18 heavy (non-hydrogen) atoms. The molecule has 0 aliphatic heterocycles. The quantitative estimate of drug-likeness (QED) is 0.776. The molecule has 0 amide bonds. The summed E-state index contributed by atoms with van der Waals surface area (Å²) in [4.78, 5) is 15.9. The molecule has 0 aromatic carbocycles. The molecule has 102 valence electrons. The predicted molar refractivity (Wildman–Crippen MR) is 69.3 cm³/mol. The van der Waals surface area contributed by atoms with Gasteiger partial charge in [-0.15, -0.1) is 0 Å². The lowest BCUT2D eigenvalue weighted by molar-refractivity contribution is -0.127. The lowest BCUT2D eigenvalue weighted by Crippen LogP contribution is -2.25. The summed E-state index contributed by atoms with van der Waals surface area (Å²) in [6.07, 6.45) is 1.78. The standard InChI is InChI=1S/C13H23N3O2/c1-10(2)7-16-12(14-9-15-16)6-11(17)8-18-13(3,4)5/h9-10H,6-8H2,1-5H3. The van der Waals surface area contributed by atoms with Gasteiger partial charge in [-0.1, -0.05) is 13.8 Å². The minimum atomic E-state index is -0.290. The Morgan fingerprint density at radius 1 is 1.44 bits per heavy atom. The molecule has 5 heteroatoms. The lowest BCUT2D eigenvalue weighted by Gasteiger charge is -2.18. The maximum Gasteiger partial charge on any atom is 0.166 e. The molecular formula is C13H23N3O2. The van der Waals surface area contributed by atoms with Crippen molar-refractivity contribution in [2.45, 2.75) is 53.2 Å². The third-order valence-electron chi connectivity index (χ3n) is 2.26. The van der Waals surface area contributed by atoms with Crippen LogP contribution in [0.4, 0.5) is 0 Å². The average Bonchev–Trinajstić information content (AvgIpc) is 2.61. The molecule has 0 saturated carbocycles. The fourth-order valence-electron chi connectivity index (χ4n) is 1.45. The zero-order valence-corrected chi connectivity index (χ0v) is 11.9. The second-order valence-electron chi connectivity index (χ2n) is 5.87. The van der Waals surface area contributed by atoms with Crippen molar-refractivity contribution < 1.29 is 9.53 Å². The minimum absolute atomic E-state index is 0.0305. The Hall–Kier alpha value is -1.23. The van der Waals surface area contributed by atoms with Crippen molar-refractivity contribution >= 4 is 5.78 Å². The number of carbonyl (C=O) groups excluding carboxylic acids is 1. The van der Waals surface area contributed by atoms with E-state index in [2.05, 4.69) is 23.9 Å². The summed E-state index contributed by atoms with van der Waals surface area (Å²) < 4.78 is 7.25. The first kappa shape index (κ1) is 14.8. The molecule has 0 aliphatic rings. The summed E-state index contributed by atoms with van der Waals surface area (Å²) in [5, 5.41) is 4.13. The van der Waals surface area contributed by atoms with Gasteiger partial charge in [0.1, 0.15) is 18.8 Å².